The van der Waals surface area contributed by atoms with Gasteiger partial charge >= 0.3 is 5.91 Å². The first-order valence-corrected chi connectivity index (χ1v) is 7.45. The average Bonchev–Trinajstić information content (AvgIpc) is 3.18. The zero-order chi connectivity index (χ0) is 16.4. The van der Waals surface area contributed by atoms with E-state index in [9.17, 15) is 4.79 Å². The highest BCUT2D eigenvalue weighted by atomic mass is 16.3. The molecule has 23 heavy (non-hydrogen) atoms. The molecule has 1 aromatic carbocycles. The Bertz CT molecular complexity index is 889. The number of aryl methyl sites for hydroxylation is 2. The molecule has 3 aromatic rings. The standard InChI is InChI=1S/C17H18N4O2/c1-4-21-10-13(9-18-21)12(3)19-20-17(22)16-11(2)14-7-5-6-8-15(14)23-16/h5-10H,4H2,1-3H3,(H,20,22)/b19-12+. The Morgan fingerprint density at radius 3 is 2.87 bits per heavy atom. The van der Waals surface area contributed by atoms with E-state index < -0.39 is 0 Å². The van der Waals surface area contributed by atoms with Crippen molar-refractivity contribution in [3.05, 3.63) is 53.5 Å². The van der Waals surface area contributed by atoms with E-state index in [1.807, 2.05) is 51.2 Å². The van der Waals surface area contributed by atoms with Crippen molar-refractivity contribution >= 4 is 22.6 Å². The Kier molecular flexibility index (Phi) is 3.97. The summed E-state index contributed by atoms with van der Waals surface area (Å²) in [5.41, 5.74) is 5.60. The zero-order valence-electron chi connectivity index (χ0n) is 13.3. The topological polar surface area (TPSA) is 72.4 Å². The summed E-state index contributed by atoms with van der Waals surface area (Å²) in [7, 11) is 0. The first kappa shape index (κ1) is 15.0. The fourth-order valence-corrected chi connectivity index (χ4v) is 2.36. The van der Waals surface area contributed by atoms with Gasteiger partial charge in [-0.05, 0) is 26.8 Å². The van der Waals surface area contributed by atoms with Gasteiger partial charge in [-0.15, -0.1) is 0 Å². The summed E-state index contributed by atoms with van der Waals surface area (Å²) in [6.45, 7) is 6.48. The highest BCUT2D eigenvalue weighted by Gasteiger charge is 2.17. The molecule has 0 saturated carbocycles. The molecule has 0 aliphatic heterocycles. The molecule has 6 nitrogen and oxygen atoms in total. The van der Waals surface area contributed by atoms with E-state index in [1.165, 1.54) is 0 Å². The minimum Gasteiger partial charge on any atom is -0.451 e. The van der Waals surface area contributed by atoms with Crippen LogP contribution in [0.25, 0.3) is 11.0 Å². The lowest BCUT2D eigenvalue weighted by Crippen LogP contribution is -2.19. The van der Waals surface area contributed by atoms with Crippen molar-refractivity contribution in [1.29, 1.82) is 0 Å². The Morgan fingerprint density at radius 2 is 2.17 bits per heavy atom. The molecule has 0 radical (unpaired) electrons. The van der Waals surface area contributed by atoms with Crippen molar-refractivity contribution in [2.75, 3.05) is 0 Å². The summed E-state index contributed by atoms with van der Waals surface area (Å²) in [5, 5.41) is 9.25. The van der Waals surface area contributed by atoms with Crippen LogP contribution in [0, 0.1) is 6.92 Å². The van der Waals surface area contributed by atoms with Gasteiger partial charge in [0.25, 0.3) is 0 Å². The number of amides is 1. The SMILES string of the molecule is CCn1cc(/C(C)=N/NC(=O)c2oc3ccccc3c2C)cn1. The third-order valence-corrected chi connectivity index (χ3v) is 3.75. The molecule has 1 amide bonds. The van der Waals surface area contributed by atoms with Crippen LogP contribution < -0.4 is 5.43 Å². The third-order valence-electron chi connectivity index (χ3n) is 3.75. The van der Waals surface area contributed by atoms with Crippen LogP contribution >= 0.6 is 0 Å². The number of carbonyl (C=O) groups is 1. The second-order valence-electron chi connectivity index (χ2n) is 5.28. The fourth-order valence-electron chi connectivity index (χ4n) is 2.36. The van der Waals surface area contributed by atoms with Crippen LogP contribution in [0.2, 0.25) is 0 Å². The second-order valence-corrected chi connectivity index (χ2v) is 5.28. The van der Waals surface area contributed by atoms with Gasteiger partial charge in [0.05, 0.1) is 11.9 Å². The van der Waals surface area contributed by atoms with Gasteiger partial charge in [0.15, 0.2) is 5.76 Å². The maximum Gasteiger partial charge on any atom is 0.307 e. The molecule has 0 unspecified atom stereocenters. The van der Waals surface area contributed by atoms with Crippen molar-refractivity contribution in [3.63, 3.8) is 0 Å². The van der Waals surface area contributed by atoms with Gasteiger partial charge in [-0.25, -0.2) is 5.43 Å². The van der Waals surface area contributed by atoms with E-state index in [-0.39, 0.29) is 11.7 Å². The number of nitrogens with zero attached hydrogens (tertiary/aromatic N) is 3. The van der Waals surface area contributed by atoms with Gasteiger partial charge in [0.1, 0.15) is 5.58 Å². The highest BCUT2D eigenvalue weighted by Crippen LogP contribution is 2.24. The number of hydrazone groups is 1. The summed E-state index contributed by atoms with van der Waals surface area (Å²) in [6.07, 6.45) is 3.61. The average molecular weight is 310 g/mol. The van der Waals surface area contributed by atoms with Crippen molar-refractivity contribution in [2.24, 2.45) is 5.10 Å². The fraction of sp³-hybridized carbons (Fsp3) is 0.235. The largest absolute Gasteiger partial charge is 0.451 e. The van der Waals surface area contributed by atoms with E-state index in [0.717, 1.165) is 23.1 Å². The van der Waals surface area contributed by atoms with Crippen LogP contribution in [-0.2, 0) is 6.54 Å². The second kappa shape index (κ2) is 6.08. The molecule has 118 valence electrons. The Labute approximate surface area is 133 Å². The molecule has 1 N–H and O–H groups in total. The van der Waals surface area contributed by atoms with E-state index in [1.54, 1.807) is 10.9 Å². The molecule has 0 saturated heterocycles. The van der Waals surface area contributed by atoms with Crippen LogP contribution in [0.1, 0.15) is 35.5 Å². The first-order chi connectivity index (χ1) is 11.1. The van der Waals surface area contributed by atoms with Gasteiger partial charge in [0.2, 0.25) is 0 Å². The molecule has 0 atom stereocenters. The maximum absolute atomic E-state index is 12.3. The number of fused-ring (bicyclic) bond motifs is 1. The normalized spacial score (nSPS) is 11.9. The number of rotatable bonds is 4. The number of aromatic nitrogens is 2. The number of furan rings is 1. The summed E-state index contributed by atoms with van der Waals surface area (Å²) < 4.78 is 7.43. The Balaban J connectivity index is 1.80. The number of para-hydroxylation sites is 1. The number of hydrogen-bond acceptors (Lipinski definition) is 4. The number of carbonyl (C=O) groups excluding carboxylic acids is 1. The maximum atomic E-state index is 12.3. The lowest BCUT2D eigenvalue weighted by Gasteiger charge is -2.00. The summed E-state index contributed by atoms with van der Waals surface area (Å²) >= 11 is 0. The number of nitrogens with one attached hydrogen (secondary N) is 1. The molecule has 0 spiro atoms. The molecular formula is C17H18N4O2. The van der Waals surface area contributed by atoms with Crippen LogP contribution in [-0.4, -0.2) is 21.4 Å². The van der Waals surface area contributed by atoms with Crippen LogP contribution in [0.15, 0.2) is 46.2 Å². The molecule has 0 fully saturated rings. The van der Waals surface area contributed by atoms with Crippen LogP contribution in [0.4, 0.5) is 0 Å². The molecular weight excluding hydrogens is 292 g/mol. The highest BCUT2D eigenvalue weighted by molar-refractivity contribution is 6.02. The minimum absolute atomic E-state index is 0.284. The van der Waals surface area contributed by atoms with Gasteiger partial charge in [-0.2, -0.15) is 10.2 Å². The quantitative estimate of drug-likeness (QED) is 0.594. The molecule has 2 aromatic heterocycles. The van der Waals surface area contributed by atoms with E-state index >= 15 is 0 Å². The predicted molar refractivity (Wildman–Crippen MR) is 88.5 cm³/mol. The predicted octanol–water partition coefficient (Wildman–Crippen LogP) is 3.11. The lowest BCUT2D eigenvalue weighted by atomic mass is 10.1. The van der Waals surface area contributed by atoms with Crippen LogP contribution in [0.3, 0.4) is 0 Å². The van der Waals surface area contributed by atoms with Crippen molar-refractivity contribution in [2.45, 2.75) is 27.3 Å². The Morgan fingerprint density at radius 1 is 1.39 bits per heavy atom. The third kappa shape index (κ3) is 2.88. The Hall–Kier alpha value is -2.89. The minimum atomic E-state index is -0.360. The van der Waals surface area contributed by atoms with E-state index in [4.69, 9.17) is 4.42 Å². The van der Waals surface area contributed by atoms with E-state index in [0.29, 0.717) is 11.3 Å². The molecule has 0 aliphatic rings. The summed E-state index contributed by atoms with van der Waals surface area (Å²) in [4.78, 5) is 12.3. The number of benzene rings is 1. The molecule has 3 rings (SSSR count). The monoisotopic (exact) mass is 310 g/mol. The molecule has 2 heterocycles. The molecule has 0 bridgehead atoms. The van der Waals surface area contributed by atoms with Gasteiger partial charge < -0.3 is 4.42 Å². The first-order valence-electron chi connectivity index (χ1n) is 7.45. The smallest absolute Gasteiger partial charge is 0.307 e. The zero-order valence-corrected chi connectivity index (χ0v) is 13.3. The molecule has 6 heteroatoms. The lowest BCUT2D eigenvalue weighted by molar-refractivity contribution is 0.0928. The van der Waals surface area contributed by atoms with Crippen molar-refractivity contribution in [1.82, 2.24) is 15.2 Å². The molecule has 0 aliphatic carbocycles. The van der Waals surface area contributed by atoms with Gasteiger partial charge in [-0.1, -0.05) is 18.2 Å². The van der Waals surface area contributed by atoms with Crippen molar-refractivity contribution in [3.8, 4) is 0 Å². The summed E-state index contributed by atoms with van der Waals surface area (Å²) in [6, 6.07) is 7.56. The van der Waals surface area contributed by atoms with Crippen LogP contribution in [0.5, 0.6) is 0 Å². The van der Waals surface area contributed by atoms with E-state index in [2.05, 4.69) is 15.6 Å². The van der Waals surface area contributed by atoms with Crippen molar-refractivity contribution < 1.29 is 9.21 Å². The summed E-state index contributed by atoms with van der Waals surface area (Å²) in [5.74, 6) is -0.0760. The number of hydrogen-bond donors (Lipinski definition) is 1. The van der Waals surface area contributed by atoms with Gasteiger partial charge in [0, 0.05) is 29.3 Å². The van der Waals surface area contributed by atoms with Gasteiger partial charge in [-0.3, -0.25) is 9.48 Å².